The van der Waals surface area contributed by atoms with E-state index in [0.717, 1.165) is 12.0 Å². The molecule has 1 aromatic carbocycles. The molecule has 6 nitrogen and oxygen atoms in total. The molecule has 1 aliphatic heterocycles. The van der Waals surface area contributed by atoms with Gasteiger partial charge in [0.1, 0.15) is 6.54 Å². The van der Waals surface area contributed by atoms with Crippen LogP contribution in [-0.4, -0.2) is 42.3 Å². The second-order valence-electron chi connectivity index (χ2n) is 5.33. The third kappa shape index (κ3) is 3.97. The summed E-state index contributed by atoms with van der Waals surface area (Å²) in [5.74, 6) is -0.627. The van der Waals surface area contributed by atoms with E-state index in [4.69, 9.17) is 0 Å². The third-order valence-electron chi connectivity index (χ3n) is 3.59. The average Bonchev–Trinajstić information content (AvgIpc) is 2.78. The highest BCUT2D eigenvalue weighted by Crippen LogP contribution is 2.30. The van der Waals surface area contributed by atoms with Crippen LogP contribution in [0.15, 0.2) is 30.8 Å². The quantitative estimate of drug-likeness (QED) is 0.792. The first-order valence-corrected chi connectivity index (χ1v) is 7.68. The number of carbonyl (C=O) groups is 3. The Balaban J connectivity index is 1.82. The van der Waals surface area contributed by atoms with Crippen LogP contribution in [0.5, 0.6) is 0 Å². The molecule has 2 N–H and O–H groups in total. The van der Waals surface area contributed by atoms with Crippen molar-refractivity contribution in [3.05, 3.63) is 42.0 Å². The molecule has 1 aliphatic rings. The Bertz CT molecular complexity index is 605. The molecule has 1 heterocycles. The average molecular weight is 315 g/mol. The van der Waals surface area contributed by atoms with E-state index in [-0.39, 0.29) is 37.2 Å². The Hall–Kier alpha value is -2.63. The van der Waals surface area contributed by atoms with Crippen molar-refractivity contribution in [3.8, 4) is 0 Å². The van der Waals surface area contributed by atoms with E-state index < -0.39 is 0 Å². The fourth-order valence-corrected chi connectivity index (χ4v) is 2.37. The van der Waals surface area contributed by atoms with Crippen LogP contribution in [-0.2, 0) is 9.59 Å². The Morgan fingerprint density at radius 2 is 1.74 bits per heavy atom. The lowest BCUT2D eigenvalue weighted by Gasteiger charge is -2.16. The van der Waals surface area contributed by atoms with Crippen molar-refractivity contribution in [1.29, 1.82) is 0 Å². The molecular formula is C17H21N3O3. The third-order valence-corrected chi connectivity index (χ3v) is 3.59. The Labute approximate surface area is 135 Å². The Morgan fingerprint density at radius 3 is 2.39 bits per heavy atom. The number of fused-ring (bicyclic) bond motifs is 1. The van der Waals surface area contributed by atoms with Gasteiger partial charge in [0.2, 0.25) is 11.8 Å². The van der Waals surface area contributed by atoms with Gasteiger partial charge in [-0.15, -0.1) is 0 Å². The van der Waals surface area contributed by atoms with Crippen molar-refractivity contribution in [2.45, 2.75) is 19.8 Å². The minimum atomic E-state index is -0.310. The number of nitrogens with one attached hydrogen (secondary N) is 2. The summed E-state index contributed by atoms with van der Waals surface area (Å²) in [4.78, 5) is 37.0. The van der Waals surface area contributed by atoms with Crippen molar-refractivity contribution in [2.75, 3.05) is 19.6 Å². The summed E-state index contributed by atoms with van der Waals surface area (Å²) in [6.07, 6.45) is 1.10. The summed E-state index contributed by atoms with van der Waals surface area (Å²) in [6, 6.07) is 7.14. The van der Waals surface area contributed by atoms with E-state index in [1.165, 1.54) is 4.90 Å². The highest BCUT2D eigenvalue weighted by atomic mass is 16.2. The lowest BCUT2D eigenvalue weighted by molar-refractivity contribution is -0.122. The highest BCUT2D eigenvalue weighted by molar-refractivity contribution is 6.10. The van der Waals surface area contributed by atoms with Crippen LogP contribution >= 0.6 is 0 Å². The van der Waals surface area contributed by atoms with Gasteiger partial charge in [-0.3, -0.25) is 19.3 Å². The number of rotatable bonds is 7. The van der Waals surface area contributed by atoms with E-state index in [2.05, 4.69) is 17.2 Å². The molecule has 1 aromatic rings. The minimum absolute atomic E-state index is 0.0943. The lowest BCUT2D eigenvalue weighted by Crippen LogP contribution is -2.38. The number of nitrogens with zero attached hydrogens (tertiary/aromatic N) is 1. The van der Waals surface area contributed by atoms with Crippen LogP contribution in [0, 0.1) is 0 Å². The molecule has 6 heteroatoms. The SMILES string of the molecule is C=C1c2ccccc2C(=O)N1CC(=O)NCCC(=O)NCCC. The zero-order chi connectivity index (χ0) is 16.8. The molecule has 0 spiro atoms. The van der Waals surface area contributed by atoms with Gasteiger partial charge in [0, 0.05) is 36.3 Å². The highest BCUT2D eigenvalue weighted by Gasteiger charge is 2.31. The number of hydrogen-bond acceptors (Lipinski definition) is 3. The summed E-state index contributed by atoms with van der Waals surface area (Å²) in [7, 11) is 0. The van der Waals surface area contributed by atoms with Gasteiger partial charge >= 0.3 is 0 Å². The second kappa shape index (κ2) is 7.58. The molecule has 0 atom stereocenters. The summed E-state index contributed by atoms with van der Waals surface area (Å²) in [5.41, 5.74) is 1.84. The molecule has 0 unspecified atom stereocenters. The maximum atomic E-state index is 12.3. The van der Waals surface area contributed by atoms with E-state index in [1.807, 2.05) is 19.1 Å². The number of amides is 3. The van der Waals surface area contributed by atoms with Crippen molar-refractivity contribution >= 4 is 23.4 Å². The van der Waals surface area contributed by atoms with Crippen molar-refractivity contribution < 1.29 is 14.4 Å². The minimum Gasteiger partial charge on any atom is -0.356 e. The normalized spacial score (nSPS) is 13.0. The second-order valence-corrected chi connectivity index (χ2v) is 5.33. The van der Waals surface area contributed by atoms with Gasteiger partial charge in [-0.05, 0) is 12.5 Å². The van der Waals surface area contributed by atoms with Crippen LogP contribution in [0.4, 0.5) is 0 Å². The van der Waals surface area contributed by atoms with Crippen molar-refractivity contribution in [1.82, 2.24) is 15.5 Å². The fraction of sp³-hybridized carbons (Fsp3) is 0.353. The van der Waals surface area contributed by atoms with Gasteiger partial charge in [0.15, 0.2) is 0 Å². The molecule has 2 rings (SSSR count). The molecular weight excluding hydrogens is 294 g/mol. The molecule has 0 fully saturated rings. The predicted molar refractivity (Wildman–Crippen MR) is 87.4 cm³/mol. The maximum Gasteiger partial charge on any atom is 0.259 e. The van der Waals surface area contributed by atoms with Crippen LogP contribution < -0.4 is 10.6 Å². The first kappa shape index (κ1) is 16.7. The topological polar surface area (TPSA) is 78.5 Å². The monoisotopic (exact) mass is 315 g/mol. The van der Waals surface area contributed by atoms with E-state index in [1.54, 1.807) is 12.1 Å². The molecule has 3 amide bonds. The molecule has 0 saturated carbocycles. The molecule has 0 bridgehead atoms. The largest absolute Gasteiger partial charge is 0.356 e. The summed E-state index contributed by atoms with van der Waals surface area (Å²) in [6.45, 7) is 6.64. The molecule has 0 aromatic heterocycles. The molecule has 0 radical (unpaired) electrons. The smallest absolute Gasteiger partial charge is 0.259 e. The molecule has 23 heavy (non-hydrogen) atoms. The first-order chi connectivity index (χ1) is 11.0. The number of hydrogen-bond donors (Lipinski definition) is 2. The van der Waals surface area contributed by atoms with Gasteiger partial charge in [-0.1, -0.05) is 31.7 Å². The van der Waals surface area contributed by atoms with Gasteiger partial charge in [-0.2, -0.15) is 0 Å². The zero-order valence-electron chi connectivity index (χ0n) is 13.2. The maximum absolute atomic E-state index is 12.3. The Morgan fingerprint density at radius 1 is 1.09 bits per heavy atom. The lowest BCUT2D eigenvalue weighted by atomic mass is 10.1. The van der Waals surface area contributed by atoms with E-state index in [0.29, 0.717) is 17.8 Å². The van der Waals surface area contributed by atoms with Crippen molar-refractivity contribution in [2.24, 2.45) is 0 Å². The van der Waals surface area contributed by atoms with E-state index in [9.17, 15) is 14.4 Å². The first-order valence-electron chi connectivity index (χ1n) is 7.68. The molecule has 0 saturated heterocycles. The standard InChI is InChI=1S/C17H21N3O3/c1-3-9-18-15(21)8-10-19-16(22)11-20-12(2)13-6-4-5-7-14(13)17(20)23/h4-7H,2-3,8-11H2,1H3,(H,18,21)(H,19,22). The number of benzene rings is 1. The predicted octanol–water partition coefficient (Wildman–Crippen LogP) is 1.15. The summed E-state index contributed by atoms with van der Waals surface area (Å²) >= 11 is 0. The van der Waals surface area contributed by atoms with Crippen LogP contribution in [0.2, 0.25) is 0 Å². The number of carbonyl (C=O) groups excluding carboxylic acids is 3. The molecule has 122 valence electrons. The van der Waals surface area contributed by atoms with E-state index >= 15 is 0 Å². The van der Waals surface area contributed by atoms with Crippen LogP contribution in [0.25, 0.3) is 5.70 Å². The summed E-state index contributed by atoms with van der Waals surface area (Å²) < 4.78 is 0. The van der Waals surface area contributed by atoms with Crippen LogP contribution in [0.1, 0.15) is 35.7 Å². The van der Waals surface area contributed by atoms with Gasteiger partial charge in [0.25, 0.3) is 5.91 Å². The zero-order valence-corrected chi connectivity index (χ0v) is 13.2. The van der Waals surface area contributed by atoms with Crippen LogP contribution in [0.3, 0.4) is 0 Å². The van der Waals surface area contributed by atoms with Gasteiger partial charge in [0.05, 0.1) is 0 Å². The van der Waals surface area contributed by atoms with Gasteiger partial charge < -0.3 is 10.6 Å². The Kier molecular flexibility index (Phi) is 5.51. The molecule has 0 aliphatic carbocycles. The summed E-state index contributed by atoms with van der Waals surface area (Å²) in [5, 5.41) is 5.39. The van der Waals surface area contributed by atoms with Crippen molar-refractivity contribution in [3.63, 3.8) is 0 Å². The fourth-order valence-electron chi connectivity index (χ4n) is 2.37. The van der Waals surface area contributed by atoms with Gasteiger partial charge in [-0.25, -0.2) is 0 Å².